The molecule has 0 spiro atoms. The zero-order valence-corrected chi connectivity index (χ0v) is 13.8. The van der Waals surface area contributed by atoms with Crippen molar-refractivity contribution < 1.29 is 0 Å². The number of benzene rings is 1. The van der Waals surface area contributed by atoms with E-state index < -0.39 is 0 Å². The van der Waals surface area contributed by atoms with E-state index in [1.54, 1.807) is 0 Å². The van der Waals surface area contributed by atoms with E-state index in [-0.39, 0.29) is 0 Å². The molecule has 2 aliphatic rings. The third kappa shape index (κ3) is 3.00. The summed E-state index contributed by atoms with van der Waals surface area (Å²) >= 11 is 8.67. The molecule has 2 heterocycles. The summed E-state index contributed by atoms with van der Waals surface area (Å²) in [6.07, 6.45) is 5.12. The fraction of sp³-hybridized carbons (Fsp3) is 0.533. The number of fused-ring (bicyclic) bond motifs is 1. The summed E-state index contributed by atoms with van der Waals surface area (Å²) in [5.74, 6) is 0. The number of halogens is 1. The number of hydrogen-bond donors (Lipinski definition) is 2. The van der Waals surface area contributed by atoms with E-state index in [4.69, 9.17) is 18.0 Å². The highest BCUT2D eigenvalue weighted by Gasteiger charge is 2.31. The van der Waals surface area contributed by atoms with Gasteiger partial charge in [0.25, 0.3) is 0 Å². The molecule has 108 valence electrons. The largest absolute Gasteiger partial charge is 0.389 e. The van der Waals surface area contributed by atoms with E-state index in [9.17, 15) is 0 Å². The lowest BCUT2D eigenvalue weighted by atomic mass is 9.97. The van der Waals surface area contributed by atoms with Gasteiger partial charge in [0.1, 0.15) is 4.99 Å². The van der Waals surface area contributed by atoms with Gasteiger partial charge in [-0.05, 0) is 50.4 Å². The zero-order chi connectivity index (χ0) is 14.1. The summed E-state index contributed by atoms with van der Waals surface area (Å²) in [6.45, 7) is 2.49. The predicted octanol–water partition coefficient (Wildman–Crippen LogP) is 3.12. The number of nitrogens with two attached hydrogens (primary N) is 1. The molecular weight excluding hydrogens is 334 g/mol. The molecule has 3 nitrogen and oxygen atoms in total. The van der Waals surface area contributed by atoms with Gasteiger partial charge in [-0.25, -0.2) is 0 Å². The third-order valence-corrected chi connectivity index (χ3v) is 5.14. The molecule has 5 heteroatoms. The molecule has 3 rings (SSSR count). The van der Waals surface area contributed by atoms with E-state index in [0.29, 0.717) is 11.0 Å². The van der Waals surface area contributed by atoms with Crippen molar-refractivity contribution in [2.24, 2.45) is 5.73 Å². The van der Waals surface area contributed by atoms with Crippen LogP contribution in [0.1, 0.15) is 31.2 Å². The van der Waals surface area contributed by atoms with E-state index in [1.807, 2.05) is 12.1 Å². The van der Waals surface area contributed by atoms with Crippen LogP contribution in [0, 0.1) is 0 Å². The van der Waals surface area contributed by atoms with Crippen LogP contribution < -0.4 is 11.1 Å². The Balaban J connectivity index is 1.74. The number of thiocarbonyl (C=S) groups is 1. The molecule has 2 atom stereocenters. The molecule has 0 bridgehead atoms. The first kappa shape index (κ1) is 14.3. The number of nitrogens with zero attached hydrogens (tertiary/aromatic N) is 1. The van der Waals surface area contributed by atoms with Crippen LogP contribution >= 0.6 is 28.1 Å². The highest BCUT2D eigenvalue weighted by atomic mass is 79.9. The van der Waals surface area contributed by atoms with Crippen LogP contribution in [0.5, 0.6) is 0 Å². The van der Waals surface area contributed by atoms with Crippen molar-refractivity contribution in [2.45, 2.75) is 37.8 Å². The monoisotopic (exact) mass is 353 g/mol. The maximum Gasteiger partial charge on any atom is 0.106 e. The molecule has 2 unspecified atom stereocenters. The number of hydrogen-bond acceptors (Lipinski definition) is 3. The molecule has 2 fully saturated rings. The molecule has 0 aromatic heterocycles. The van der Waals surface area contributed by atoms with Gasteiger partial charge in [-0.15, -0.1) is 0 Å². The second kappa shape index (κ2) is 6.00. The van der Waals surface area contributed by atoms with Gasteiger partial charge < -0.3 is 16.0 Å². The van der Waals surface area contributed by atoms with E-state index in [2.05, 4.69) is 32.2 Å². The highest BCUT2D eigenvalue weighted by molar-refractivity contribution is 9.10. The van der Waals surface area contributed by atoms with Gasteiger partial charge in [0.15, 0.2) is 0 Å². The SMILES string of the molecule is NC(=S)c1ccc(Br)cc1NC1CCN2CCCC2C1. The molecular formula is C15H20BrN3S. The second-order valence-electron chi connectivity index (χ2n) is 5.75. The van der Waals surface area contributed by atoms with Gasteiger partial charge >= 0.3 is 0 Å². The molecule has 0 saturated carbocycles. The highest BCUT2D eigenvalue weighted by Crippen LogP contribution is 2.30. The lowest BCUT2D eigenvalue weighted by Crippen LogP contribution is -2.42. The smallest absolute Gasteiger partial charge is 0.106 e. The summed E-state index contributed by atoms with van der Waals surface area (Å²) in [6, 6.07) is 7.34. The van der Waals surface area contributed by atoms with Crippen LogP contribution in [0.4, 0.5) is 5.69 Å². The van der Waals surface area contributed by atoms with Crippen molar-refractivity contribution in [3.8, 4) is 0 Å². The molecule has 0 radical (unpaired) electrons. The Hall–Kier alpha value is -0.650. The number of piperidine rings is 1. The average molecular weight is 354 g/mol. The van der Waals surface area contributed by atoms with Gasteiger partial charge in [0.2, 0.25) is 0 Å². The van der Waals surface area contributed by atoms with E-state index >= 15 is 0 Å². The maximum absolute atomic E-state index is 5.82. The summed E-state index contributed by atoms with van der Waals surface area (Å²) < 4.78 is 1.05. The first-order valence-electron chi connectivity index (χ1n) is 7.23. The lowest BCUT2D eigenvalue weighted by molar-refractivity contribution is 0.188. The lowest BCUT2D eigenvalue weighted by Gasteiger charge is -2.36. The number of nitrogens with one attached hydrogen (secondary N) is 1. The standard InChI is InChI=1S/C15H20BrN3S/c16-10-3-4-13(15(17)20)14(8-10)18-11-5-7-19-6-1-2-12(19)9-11/h3-4,8,11-12,18H,1-2,5-7,9H2,(H2,17,20). The van der Waals surface area contributed by atoms with Crippen LogP contribution in [-0.2, 0) is 0 Å². The van der Waals surface area contributed by atoms with Gasteiger partial charge in [-0.1, -0.05) is 28.1 Å². The molecule has 0 aliphatic carbocycles. The van der Waals surface area contributed by atoms with Gasteiger partial charge in [-0.2, -0.15) is 0 Å². The Morgan fingerprint density at radius 2 is 2.20 bits per heavy atom. The molecule has 1 aromatic rings. The van der Waals surface area contributed by atoms with Crippen molar-refractivity contribution in [3.05, 3.63) is 28.2 Å². The van der Waals surface area contributed by atoms with Gasteiger partial charge in [0, 0.05) is 34.4 Å². The van der Waals surface area contributed by atoms with E-state index in [1.165, 1.54) is 38.8 Å². The van der Waals surface area contributed by atoms with Crippen molar-refractivity contribution in [1.29, 1.82) is 0 Å². The summed E-state index contributed by atoms with van der Waals surface area (Å²) in [4.78, 5) is 3.09. The zero-order valence-electron chi connectivity index (χ0n) is 11.4. The Morgan fingerprint density at radius 3 is 3.00 bits per heavy atom. The van der Waals surface area contributed by atoms with Crippen LogP contribution in [-0.4, -0.2) is 35.1 Å². The topological polar surface area (TPSA) is 41.3 Å². The quantitative estimate of drug-likeness (QED) is 0.819. The van der Waals surface area contributed by atoms with Crippen molar-refractivity contribution in [2.75, 3.05) is 18.4 Å². The predicted molar refractivity (Wildman–Crippen MR) is 91.3 cm³/mol. The fourth-order valence-electron chi connectivity index (χ4n) is 3.43. The van der Waals surface area contributed by atoms with Crippen LogP contribution in [0.3, 0.4) is 0 Å². The molecule has 3 N–H and O–H groups in total. The second-order valence-corrected chi connectivity index (χ2v) is 7.11. The number of rotatable bonds is 3. The van der Waals surface area contributed by atoms with Crippen LogP contribution in [0.2, 0.25) is 0 Å². The van der Waals surface area contributed by atoms with Crippen molar-refractivity contribution in [1.82, 2.24) is 4.90 Å². The number of anilines is 1. The summed E-state index contributed by atoms with van der Waals surface area (Å²) in [5, 5.41) is 3.66. The van der Waals surface area contributed by atoms with Crippen LogP contribution in [0.15, 0.2) is 22.7 Å². The molecule has 2 aliphatic heterocycles. The minimum atomic E-state index is 0.457. The molecule has 1 aromatic carbocycles. The fourth-order valence-corrected chi connectivity index (χ4v) is 3.97. The maximum atomic E-state index is 5.82. The van der Waals surface area contributed by atoms with Gasteiger partial charge in [-0.3, -0.25) is 0 Å². The van der Waals surface area contributed by atoms with Crippen LogP contribution in [0.25, 0.3) is 0 Å². The first-order valence-corrected chi connectivity index (χ1v) is 8.43. The van der Waals surface area contributed by atoms with E-state index in [0.717, 1.165) is 21.8 Å². The summed E-state index contributed by atoms with van der Waals surface area (Å²) in [5.41, 5.74) is 7.82. The Labute approximate surface area is 134 Å². The average Bonchev–Trinajstić information content (AvgIpc) is 2.85. The molecule has 2 saturated heterocycles. The summed E-state index contributed by atoms with van der Waals surface area (Å²) in [7, 11) is 0. The van der Waals surface area contributed by atoms with Crippen molar-refractivity contribution in [3.63, 3.8) is 0 Å². The Morgan fingerprint density at radius 1 is 1.35 bits per heavy atom. The van der Waals surface area contributed by atoms with Gasteiger partial charge in [0.05, 0.1) is 0 Å². The normalized spacial score (nSPS) is 26.2. The minimum Gasteiger partial charge on any atom is -0.389 e. The first-order chi connectivity index (χ1) is 9.63. The molecule has 0 amide bonds. The Kier molecular flexibility index (Phi) is 4.29. The Bertz CT molecular complexity index is 520. The van der Waals surface area contributed by atoms with Crippen molar-refractivity contribution >= 4 is 38.8 Å². The third-order valence-electron chi connectivity index (χ3n) is 4.43. The minimum absolute atomic E-state index is 0.457. The molecule has 20 heavy (non-hydrogen) atoms.